The Bertz CT molecular complexity index is 381. The molecule has 21 heavy (non-hydrogen) atoms. The number of hydrogen-bond donors (Lipinski definition) is 3. The molecule has 2 saturated carbocycles. The van der Waals surface area contributed by atoms with E-state index in [-0.39, 0.29) is 12.3 Å². The van der Waals surface area contributed by atoms with Crippen molar-refractivity contribution in [2.75, 3.05) is 0 Å². The van der Waals surface area contributed by atoms with E-state index in [2.05, 4.69) is 5.32 Å². The summed E-state index contributed by atoms with van der Waals surface area (Å²) in [4.78, 5) is 24.0. The largest absolute Gasteiger partial charge is 0.480 e. The zero-order valence-corrected chi connectivity index (χ0v) is 12.8. The minimum absolute atomic E-state index is 0.191. The Balaban J connectivity index is 1.99. The van der Waals surface area contributed by atoms with Crippen LogP contribution in [-0.2, 0) is 9.59 Å². The number of carboxylic acids is 1. The van der Waals surface area contributed by atoms with Gasteiger partial charge in [-0.3, -0.25) is 4.79 Å². The van der Waals surface area contributed by atoms with Gasteiger partial charge in [-0.15, -0.1) is 0 Å². The van der Waals surface area contributed by atoms with E-state index in [9.17, 15) is 14.7 Å². The number of aliphatic carboxylic acids is 1. The Labute approximate surface area is 126 Å². The van der Waals surface area contributed by atoms with Crippen molar-refractivity contribution in [3.05, 3.63) is 0 Å². The first-order valence-electron chi connectivity index (χ1n) is 8.29. The number of carbonyl (C=O) groups excluding carboxylic acids is 1. The first kappa shape index (κ1) is 16.3. The molecule has 2 fully saturated rings. The lowest BCUT2D eigenvalue weighted by Crippen LogP contribution is -2.56. The van der Waals surface area contributed by atoms with Crippen molar-refractivity contribution in [1.29, 1.82) is 0 Å². The Kier molecular flexibility index (Phi) is 5.25. The fourth-order valence-corrected chi connectivity index (χ4v) is 3.79. The predicted octanol–water partition coefficient (Wildman–Crippen LogP) is 2.33. The van der Waals surface area contributed by atoms with E-state index in [1.165, 1.54) is 6.42 Å². The van der Waals surface area contributed by atoms with E-state index in [1.54, 1.807) is 0 Å². The number of carboxylic acid groups (broad SMARTS) is 1. The van der Waals surface area contributed by atoms with Gasteiger partial charge in [0.05, 0.1) is 0 Å². The smallest absolute Gasteiger partial charge is 0.329 e. The number of carbonyl (C=O) groups is 2. The van der Waals surface area contributed by atoms with Gasteiger partial charge in [0, 0.05) is 12.0 Å². The van der Waals surface area contributed by atoms with Crippen LogP contribution in [-0.4, -0.2) is 28.1 Å². The standard InChI is InChI=1S/C16H28N2O3/c17-15(8-4-3-5-9-15)12-13(19)18-16(14(20)21)10-6-1-2-7-11-16/h1-12,17H2,(H,18,19)(H,20,21). The highest BCUT2D eigenvalue weighted by atomic mass is 16.4. The molecule has 5 heteroatoms. The maximum absolute atomic E-state index is 12.4. The lowest BCUT2D eigenvalue weighted by molar-refractivity contribution is -0.148. The molecule has 0 aromatic rings. The third-order valence-corrected chi connectivity index (χ3v) is 5.11. The second-order valence-electron chi connectivity index (χ2n) is 6.95. The highest BCUT2D eigenvalue weighted by molar-refractivity contribution is 5.87. The molecule has 0 aliphatic heterocycles. The summed E-state index contributed by atoms with van der Waals surface area (Å²) < 4.78 is 0. The average Bonchev–Trinajstić information content (AvgIpc) is 2.65. The molecule has 0 radical (unpaired) electrons. The van der Waals surface area contributed by atoms with Crippen LogP contribution in [0.5, 0.6) is 0 Å². The molecule has 1 amide bonds. The van der Waals surface area contributed by atoms with E-state index in [1.807, 2.05) is 0 Å². The van der Waals surface area contributed by atoms with Crippen molar-refractivity contribution in [3.8, 4) is 0 Å². The van der Waals surface area contributed by atoms with Crippen molar-refractivity contribution < 1.29 is 14.7 Å². The summed E-state index contributed by atoms with van der Waals surface area (Å²) in [5.74, 6) is -1.09. The molecule has 0 unspecified atom stereocenters. The van der Waals surface area contributed by atoms with E-state index in [0.29, 0.717) is 12.8 Å². The van der Waals surface area contributed by atoms with Crippen LogP contribution in [0.2, 0.25) is 0 Å². The molecule has 0 aromatic carbocycles. The first-order chi connectivity index (χ1) is 9.96. The zero-order valence-electron chi connectivity index (χ0n) is 12.8. The van der Waals surface area contributed by atoms with Gasteiger partial charge in [-0.05, 0) is 25.7 Å². The van der Waals surface area contributed by atoms with Gasteiger partial charge in [0.15, 0.2) is 0 Å². The van der Waals surface area contributed by atoms with E-state index in [0.717, 1.165) is 51.4 Å². The Morgan fingerprint density at radius 1 is 0.905 bits per heavy atom. The molecule has 4 N–H and O–H groups in total. The molecule has 0 bridgehead atoms. The Morgan fingerprint density at radius 3 is 1.90 bits per heavy atom. The maximum atomic E-state index is 12.4. The van der Waals surface area contributed by atoms with Crippen LogP contribution < -0.4 is 11.1 Å². The van der Waals surface area contributed by atoms with Gasteiger partial charge in [0.1, 0.15) is 5.54 Å². The summed E-state index contributed by atoms with van der Waals surface area (Å²) in [6.45, 7) is 0. The minimum Gasteiger partial charge on any atom is -0.480 e. The summed E-state index contributed by atoms with van der Waals surface area (Å²) >= 11 is 0. The fraction of sp³-hybridized carbons (Fsp3) is 0.875. The van der Waals surface area contributed by atoms with Crippen LogP contribution in [0.15, 0.2) is 0 Å². The topological polar surface area (TPSA) is 92.4 Å². The molecule has 2 rings (SSSR count). The Morgan fingerprint density at radius 2 is 1.38 bits per heavy atom. The minimum atomic E-state index is -1.07. The molecule has 0 saturated heterocycles. The van der Waals surface area contributed by atoms with E-state index in [4.69, 9.17) is 5.73 Å². The van der Waals surface area contributed by atoms with Crippen molar-refractivity contribution in [1.82, 2.24) is 5.32 Å². The predicted molar refractivity (Wildman–Crippen MR) is 80.8 cm³/mol. The highest BCUT2D eigenvalue weighted by Crippen LogP contribution is 2.31. The molecule has 5 nitrogen and oxygen atoms in total. The monoisotopic (exact) mass is 296 g/mol. The molecule has 2 aliphatic carbocycles. The molecular formula is C16H28N2O3. The van der Waals surface area contributed by atoms with Gasteiger partial charge < -0.3 is 16.2 Å². The van der Waals surface area contributed by atoms with Crippen LogP contribution in [0.25, 0.3) is 0 Å². The van der Waals surface area contributed by atoms with Crippen molar-refractivity contribution >= 4 is 11.9 Å². The number of hydrogen-bond acceptors (Lipinski definition) is 3. The summed E-state index contributed by atoms with van der Waals surface area (Å²) in [6.07, 6.45) is 10.2. The van der Waals surface area contributed by atoms with Crippen molar-refractivity contribution in [3.63, 3.8) is 0 Å². The van der Waals surface area contributed by atoms with Crippen LogP contribution in [0.4, 0.5) is 0 Å². The maximum Gasteiger partial charge on any atom is 0.329 e. The average molecular weight is 296 g/mol. The van der Waals surface area contributed by atoms with Crippen LogP contribution in [0.1, 0.15) is 77.0 Å². The number of nitrogens with one attached hydrogen (secondary N) is 1. The van der Waals surface area contributed by atoms with Crippen molar-refractivity contribution in [2.45, 2.75) is 88.1 Å². The molecule has 0 spiro atoms. The molecule has 120 valence electrons. The van der Waals surface area contributed by atoms with Crippen LogP contribution in [0, 0.1) is 0 Å². The number of rotatable bonds is 4. The lowest BCUT2D eigenvalue weighted by atomic mass is 9.79. The van der Waals surface area contributed by atoms with E-state index < -0.39 is 17.0 Å². The normalized spacial score (nSPS) is 24.8. The van der Waals surface area contributed by atoms with Crippen LogP contribution in [0.3, 0.4) is 0 Å². The third-order valence-electron chi connectivity index (χ3n) is 5.11. The van der Waals surface area contributed by atoms with Gasteiger partial charge >= 0.3 is 5.97 Å². The summed E-state index contributed by atoms with van der Waals surface area (Å²) in [6, 6.07) is 0. The summed E-state index contributed by atoms with van der Waals surface area (Å²) in [5.41, 5.74) is 4.80. The lowest BCUT2D eigenvalue weighted by Gasteiger charge is -2.35. The van der Waals surface area contributed by atoms with Crippen LogP contribution >= 0.6 is 0 Å². The van der Waals surface area contributed by atoms with Gasteiger partial charge in [0.2, 0.25) is 5.91 Å². The molecule has 0 atom stereocenters. The number of amides is 1. The summed E-state index contributed by atoms with van der Waals surface area (Å²) in [5, 5.41) is 12.4. The first-order valence-corrected chi connectivity index (χ1v) is 8.29. The zero-order chi connectivity index (χ0) is 15.3. The molecule has 0 aromatic heterocycles. The molecule has 0 heterocycles. The SMILES string of the molecule is NC1(CC(=O)NC2(C(=O)O)CCCCCC2)CCCCC1. The third kappa shape index (κ3) is 4.19. The van der Waals surface area contributed by atoms with Gasteiger partial charge in [0.25, 0.3) is 0 Å². The molecule has 2 aliphatic rings. The van der Waals surface area contributed by atoms with Crippen molar-refractivity contribution in [2.24, 2.45) is 5.73 Å². The fourth-order valence-electron chi connectivity index (χ4n) is 3.79. The quantitative estimate of drug-likeness (QED) is 0.694. The number of nitrogens with two attached hydrogens (primary N) is 1. The van der Waals surface area contributed by atoms with Gasteiger partial charge in [-0.2, -0.15) is 0 Å². The van der Waals surface area contributed by atoms with E-state index >= 15 is 0 Å². The van der Waals surface area contributed by atoms with Gasteiger partial charge in [-0.1, -0.05) is 44.9 Å². The highest BCUT2D eigenvalue weighted by Gasteiger charge is 2.41. The van der Waals surface area contributed by atoms with Gasteiger partial charge in [-0.25, -0.2) is 4.79 Å². The summed E-state index contributed by atoms with van der Waals surface area (Å²) in [7, 11) is 0. The second kappa shape index (κ2) is 6.77. The second-order valence-corrected chi connectivity index (χ2v) is 6.95. The molecular weight excluding hydrogens is 268 g/mol. The Hall–Kier alpha value is -1.10.